The molecule has 0 spiro atoms. The molecule has 2 atom stereocenters. The molecule has 0 aromatic heterocycles. The highest BCUT2D eigenvalue weighted by atomic mass is 16.5. The van der Waals surface area contributed by atoms with Crippen LogP contribution in [0, 0.1) is 0 Å². The van der Waals surface area contributed by atoms with Crippen molar-refractivity contribution in [3.8, 4) is 11.5 Å². The largest absolute Gasteiger partial charge is 0.493 e. The van der Waals surface area contributed by atoms with Gasteiger partial charge in [-0.2, -0.15) is 0 Å². The van der Waals surface area contributed by atoms with Crippen molar-refractivity contribution < 1.29 is 19.1 Å². The fraction of sp³-hybridized carbons (Fsp3) is 0.231. The SMILES string of the molecule is CC[C@@H](Oc1ccccc1OC)C(=O)Nc1ccccc1C(=O)N[C@H](C)c1ccccc1. The van der Waals surface area contributed by atoms with Gasteiger partial charge in [-0.3, -0.25) is 9.59 Å². The number of carbonyl (C=O) groups is 2. The molecule has 2 N–H and O–H groups in total. The fourth-order valence-electron chi connectivity index (χ4n) is 3.29. The van der Waals surface area contributed by atoms with E-state index >= 15 is 0 Å². The second-order valence-corrected chi connectivity index (χ2v) is 7.31. The number of hydrogen-bond acceptors (Lipinski definition) is 4. The van der Waals surface area contributed by atoms with Crippen LogP contribution in [0.25, 0.3) is 0 Å². The van der Waals surface area contributed by atoms with Gasteiger partial charge in [0.05, 0.1) is 24.4 Å². The van der Waals surface area contributed by atoms with Crippen molar-refractivity contribution in [2.75, 3.05) is 12.4 Å². The summed E-state index contributed by atoms with van der Waals surface area (Å²) in [6.07, 6.45) is -0.297. The average Bonchev–Trinajstić information content (AvgIpc) is 2.83. The molecule has 6 heteroatoms. The number of nitrogens with one attached hydrogen (secondary N) is 2. The number of benzene rings is 3. The van der Waals surface area contributed by atoms with E-state index in [1.807, 2.05) is 56.3 Å². The number of ether oxygens (including phenoxy) is 2. The Morgan fingerprint density at radius 3 is 2.19 bits per heavy atom. The van der Waals surface area contributed by atoms with Crippen LogP contribution in [0.3, 0.4) is 0 Å². The normalized spacial score (nSPS) is 12.3. The molecule has 0 saturated carbocycles. The van der Waals surface area contributed by atoms with Gasteiger partial charge in [0, 0.05) is 0 Å². The quantitative estimate of drug-likeness (QED) is 0.500. The predicted molar refractivity (Wildman–Crippen MR) is 125 cm³/mol. The Kier molecular flexibility index (Phi) is 7.86. The zero-order valence-corrected chi connectivity index (χ0v) is 18.5. The van der Waals surface area contributed by atoms with Crippen LogP contribution in [-0.2, 0) is 4.79 Å². The topological polar surface area (TPSA) is 76.7 Å². The van der Waals surface area contributed by atoms with E-state index in [9.17, 15) is 9.59 Å². The van der Waals surface area contributed by atoms with Crippen LogP contribution >= 0.6 is 0 Å². The molecule has 166 valence electrons. The molecule has 0 fully saturated rings. The molecule has 0 heterocycles. The van der Waals surface area contributed by atoms with Gasteiger partial charge < -0.3 is 20.1 Å². The van der Waals surface area contributed by atoms with Crippen molar-refractivity contribution in [1.82, 2.24) is 5.32 Å². The first kappa shape index (κ1) is 22.9. The Morgan fingerprint density at radius 1 is 0.875 bits per heavy atom. The standard InChI is InChI=1S/C26H28N2O4/c1-4-22(32-24-17-11-10-16-23(24)31-3)26(30)28-21-15-9-8-14-20(21)25(29)27-18(2)19-12-6-5-7-13-19/h5-18,22H,4H2,1-3H3,(H,27,29)(H,28,30)/t18-,22-/m1/s1. The minimum Gasteiger partial charge on any atom is -0.493 e. The summed E-state index contributed by atoms with van der Waals surface area (Å²) in [5.74, 6) is 0.429. The number of carbonyl (C=O) groups excluding carboxylic acids is 2. The minimum absolute atomic E-state index is 0.176. The Hall–Kier alpha value is -3.80. The Morgan fingerprint density at radius 2 is 1.50 bits per heavy atom. The van der Waals surface area contributed by atoms with Crippen molar-refractivity contribution in [3.63, 3.8) is 0 Å². The van der Waals surface area contributed by atoms with Gasteiger partial charge in [0.15, 0.2) is 17.6 Å². The van der Waals surface area contributed by atoms with Crippen LogP contribution in [0.4, 0.5) is 5.69 Å². The van der Waals surface area contributed by atoms with Gasteiger partial charge in [-0.25, -0.2) is 0 Å². The minimum atomic E-state index is -0.745. The molecule has 3 aromatic carbocycles. The molecule has 0 radical (unpaired) electrons. The molecular formula is C26H28N2O4. The van der Waals surface area contributed by atoms with Crippen molar-refractivity contribution >= 4 is 17.5 Å². The Balaban J connectivity index is 1.73. The maximum atomic E-state index is 13.0. The van der Waals surface area contributed by atoms with Gasteiger partial charge in [-0.1, -0.05) is 61.5 Å². The van der Waals surface area contributed by atoms with E-state index in [-0.39, 0.29) is 17.9 Å². The van der Waals surface area contributed by atoms with Crippen molar-refractivity contribution in [2.24, 2.45) is 0 Å². The van der Waals surface area contributed by atoms with Crippen LogP contribution in [-0.4, -0.2) is 25.0 Å². The molecule has 0 saturated heterocycles. The molecule has 0 aliphatic heterocycles. The van der Waals surface area contributed by atoms with Crippen molar-refractivity contribution in [2.45, 2.75) is 32.4 Å². The lowest BCUT2D eigenvalue weighted by Crippen LogP contribution is -2.34. The van der Waals surface area contributed by atoms with E-state index < -0.39 is 6.10 Å². The first-order valence-corrected chi connectivity index (χ1v) is 10.6. The number of hydrogen-bond donors (Lipinski definition) is 2. The van der Waals surface area contributed by atoms with E-state index in [4.69, 9.17) is 9.47 Å². The Bertz CT molecular complexity index is 1050. The molecular weight excluding hydrogens is 404 g/mol. The van der Waals surface area contributed by atoms with Gasteiger partial charge >= 0.3 is 0 Å². The molecule has 6 nitrogen and oxygen atoms in total. The molecule has 3 rings (SSSR count). The van der Waals surface area contributed by atoms with E-state index in [0.717, 1.165) is 5.56 Å². The molecule has 0 bridgehead atoms. The summed E-state index contributed by atoms with van der Waals surface area (Å²) >= 11 is 0. The second kappa shape index (κ2) is 11.0. The summed E-state index contributed by atoms with van der Waals surface area (Å²) in [5, 5.41) is 5.83. The molecule has 32 heavy (non-hydrogen) atoms. The van der Waals surface area contributed by atoms with E-state index in [1.165, 1.54) is 0 Å². The van der Waals surface area contributed by atoms with Crippen LogP contribution in [0.2, 0.25) is 0 Å². The second-order valence-electron chi connectivity index (χ2n) is 7.31. The van der Waals surface area contributed by atoms with Crippen molar-refractivity contribution in [1.29, 1.82) is 0 Å². The molecule has 2 amide bonds. The first-order chi connectivity index (χ1) is 15.5. The smallest absolute Gasteiger partial charge is 0.265 e. The maximum Gasteiger partial charge on any atom is 0.265 e. The van der Waals surface area contributed by atoms with Crippen LogP contribution in [0.1, 0.15) is 42.2 Å². The van der Waals surface area contributed by atoms with Gasteiger partial charge in [0.1, 0.15) is 0 Å². The third kappa shape index (κ3) is 5.66. The highest BCUT2D eigenvalue weighted by Crippen LogP contribution is 2.28. The molecule has 0 unspecified atom stereocenters. The van der Waals surface area contributed by atoms with Gasteiger partial charge in [0.25, 0.3) is 11.8 Å². The Labute approximate surface area is 188 Å². The van der Waals surface area contributed by atoms with Crippen molar-refractivity contribution in [3.05, 3.63) is 90.0 Å². The average molecular weight is 433 g/mol. The summed E-state index contributed by atoms with van der Waals surface area (Å²) < 4.78 is 11.2. The molecule has 0 aliphatic rings. The highest BCUT2D eigenvalue weighted by molar-refractivity contribution is 6.04. The third-order valence-electron chi connectivity index (χ3n) is 5.08. The fourth-order valence-corrected chi connectivity index (χ4v) is 3.29. The predicted octanol–water partition coefficient (Wildman–Crippen LogP) is 4.98. The lowest BCUT2D eigenvalue weighted by molar-refractivity contribution is -0.122. The third-order valence-corrected chi connectivity index (χ3v) is 5.08. The maximum absolute atomic E-state index is 13.0. The summed E-state index contributed by atoms with van der Waals surface area (Å²) in [7, 11) is 1.55. The van der Waals surface area contributed by atoms with E-state index in [1.54, 1.807) is 43.5 Å². The highest BCUT2D eigenvalue weighted by Gasteiger charge is 2.22. The number of methoxy groups -OCH3 is 1. The first-order valence-electron chi connectivity index (χ1n) is 10.6. The summed E-state index contributed by atoms with van der Waals surface area (Å²) in [4.78, 5) is 25.9. The van der Waals surface area contributed by atoms with E-state index in [2.05, 4.69) is 10.6 Å². The van der Waals surface area contributed by atoms with Gasteiger partial charge in [0.2, 0.25) is 0 Å². The molecule has 0 aliphatic carbocycles. The van der Waals surface area contributed by atoms with E-state index in [0.29, 0.717) is 29.2 Å². The van der Waals surface area contributed by atoms with Gasteiger partial charge in [-0.15, -0.1) is 0 Å². The number of anilines is 1. The van der Waals surface area contributed by atoms with Crippen LogP contribution < -0.4 is 20.1 Å². The monoisotopic (exact) mass is 432 g/mol. The van der Waals surface area contributed by atoms with Crippen LogP contribution in [0.15, 0.2) is 78.9 Å². The zero-order valence-electron chi connectivity index (χ0n) is 18.5. The zero-order chi connectivity index (χ0) is 22.9. The lowest BCUT2D eigenvalue weighted by atomic mass is 10.1. The number of rotatable bonds is 9. The number of para-hydroxylation sites is 3. The summed E-state index contributed by atoms with van der Waals surface area (Å²) in [6, 6.07) is 23.6. The lowest BCUT2D eigenvalue weighted by Gasteiger charge is -2.20. The summed E-state index contributed by atoms with van der Waals surface area (Å²) in [6.45, 7) is 3.78. The summed E-state index contributed by atoms with van der Waals surface area (Å²) in [5.41, 5.74) is 1.81. The number of amides is 2. The molecule has 3 aromatic rings. The van der Waals surface area contributed by atoms with Gasteiger partial charge in [-0.05, 0) is 43.2 Å². The van der Waals surface area contributed by atoms with Crippen LogP contribution in [0.5, 0.6) is 11.5 Å².